The first-order valence-electron chi connectivity index (χ1n) is 11.2. The van der Waals surface area contributed by atoms with Crippen molar-refractivity contribution in [3.05, 3.63) is 82.9 Å². The number of imidazole rings is 1. The van der Waals surface area contributed by atoms with Crippen LogP contribution < -0.4 is 0 Å². The average Bonchev–Trinajstić information content (AvgIpc) is 3.31. The molecule has 2 heterocycles. The van der Waals surface area contributed by atoms with Crippen molar-refractivity contribution in [2.24, 2.45) is 5.41 Å². The number of rotatable bonds is 4. The fraction of sp³-hybridized carbons (Fsp3) is 0.385. The molecule has 4 nitrogen and oxygen atoms in total. The number of aryl methyl sites for hydroxylation is 2. The number of carbonyl (C=O) groups is 1. The van der Waals surface area contributed by atoms with Gasteiger partial charge in [-0.15, -0.1) is 0 Å². The summed E-state index contributed by atoms with van der Waals surface area (Å²) in [5.41, 5.74) is 4.49. The standard InChI is InChI=1S/C26H27F2N3O/c1-16-9-19(5-6-24(16)30-14-17(2)29-15-30)23-13-26(23)7-4-8-31(25(26)32)18(3)20-10-21(27)12-22(28)11-20/h5-6,9-12,14-15,18,23H,4,7-8,13H2,1-3H3. The molecule has 3 atom stereocenters. The third-order valence-corrected chi connectivity index (χ3v) is 7.23. The third-order valence-electron chi connectivity index (χ3n) is 7.23. The lowest BCUT2D eigenvalue weighted by atomic mass is 9.87. The maximum Gasteiger partial charge on any atom is 0.229 e. The van der Waals surface area contributed by atoms with E-state index < -0.39 is 17.0 Å². The fourth-order valence-electron chi connectivity index (χ4n) is 5.42. The Morgan fingerprint density at radius 3 is 2.53 bits per heavy atom. The first kappa shape index (κ1) is 20.9. The number of hydrogen-bond acceptors (Lipinski definition) is 2. The molecule has 1 saturated carbocycles. The molecule has 2 fully saturated rings. The molecule has 3 unspecified atom stereocenters. The van der Waals surface area contributed by atoms with E-state index in [-0.39, 0.29) is 17.9 Å². The van der Waals surface area contributed by atoms with E-state index in [1.807, 2.05) is 35.8 Å². The summed E-state index contributed by atoms with van der Waals surface area (Å²) in [5.74, 6) is -0.928. The van der Waals surface area contributed by atoms with Gasteiger partial charge in [0, 0.05) is 24.5 Å². The van der Waals surface area contributed by atoms with Gasteiger partial charge in [0.2, 0.25) is 5.91 Å². The van der Waals surface area contributed by atoms with E-state index in [1.165, 1.54) is 17.7 Å². The summed E-state index contributed by atoms with van der Waals surface area (Å²) in [7, 11) is 0. The molecule has 0 radical (unpaired) electrons. The van der Waals surface area contributed by atoms with Gasteiger partial charge in [0.1, 0.15) is 11.6 Å². The molecule has 1 aliphatic carbocycles. The van der Waals surface area contributed by atoms with Gasteiger partial charge in [0.05, 0.1) is 23.5 Å². The maximum absolute atomic E-state index is 13.7. The van der Waals surface area contributed by atoms with Crippen molar-refractivity contribution in [1.29, 1.82) is 0 Å². The Balaban J connectivity index is 1.38. The number of amides is 1. The molecule has 32 heavy (non-hydrogen) atoms. The molecular formula is C26H27F2N3O. The van der Waals surface area contributed by atoms with Gasteiger partial charge >= 0.3 is 0 Å². The van der Waals surface area contributed by atoms with Gasteiger partial charge < -0.3 is 9.47 Å². The highest BCUT2D eigenvalue weighted by Gasteiger charge is 2.62. The number of likely N-dealkylation sites (tertiary alicyclic amines) is 1. The van der Waals surface area contributed by atoms with Crippen LogP contribution in [0.5, 0.6) is 0 Å². The monoisotopic (exact) mass is 435 g/mol. The number of piperidine rings is 1. The van der Waals surface area contributed by atoms with Gasteiger partial charge in [-0.05, 0) is 80.8 Å². The molecule has 0 N–H and O–H groups in total. The van der Waals surface area contributed by atoms with Crippen molar-refractivity contribution in [2.75, 3.05) is 6.54 Å². The summed E-state index contributed by atoms with van der Waals surface area (Å²) >= 11 is 0. The van der Waals surface area contributed by atoms with Gasteiger partial charge in [-0.1, -0.05) is 12.1 Å². The van der Waals surface area contributed by atoms with Crippen LogP contribution in [0.4, 0.5) is 8.78 Å². The molecule has 1 aliphatic heterocycles. The van der Waals surface area contributed by atoms with Crippen LogP contribution in [-0.4, -0.2) is 26.9 Å². The number of aromatic nitrogens is 2. The van der Waals surface area contributed by atoms with E-state index >= 15 is 0 Å². The number of hydrogen-bond donors (Lipinski definition) is 0. The summed E-state index contributed by atoms with van der Waals surface area (Å²) in [5, 5.41) is 0. The van der Waals surface area contributed by atoms with Crippen molar-refractivity contribution in [3.8, 4) is 5.69 Å². The minimum atomic E-state index is -0.612. The molecule has 1 aromatic heterocycles. The van der Waals surface area contributed by atoms with Crippen molar-refractivity contribution in [1.82, 2.24) is 14.5 Å². The van der Waals surface area contributed by atoms with Crippen molar-refractivity contribution in [2.45, 2.75) is 52.0 Å². The van der Waals surface area contributed by atoms with Gasteiger partial charge in [0.15, 0.2) is 0 Å². The van der Waals surface area contributed by atoms with E-state index in [4.69, 9.17) is 0 Å². The first-order chi connectivity index (χ1) is 15.3. The molecule has 0 bridgehead atoms. The van der Waals surface area contributed by atoms with Crippen LogP contribution in [0.2, 0.25) is 0 Å². The predicted octanol–water partition coefficient (Wildman–Crippen LogP) is 5.62. The Hall–Kier alpha value is -3.02. The van der Waals surface area contributed by atoms with Crippen LogP contribution in [-0.2, 0) is 4.79 Å². The minimum absolute atomic E-state index is 0.109. The van der Waals surface area contributed by atoms with Crippen LogP contribution in [0, 0.1) is 30.9 Å². The summed E-state index contributed by atoms with van der Waals surface area (Å²) in [6.45, 7) is 6.52. The van der Waals surface area contributed by atoms with Crippen molar-refractivity contribution >= 4 is 5.91 Å². The van der Waals surface area contributed by atoms with E-state index in [1.54, 1.807) is 0 Å². The van der Waals surface area contributed by atoms with E-state index in [9.17, 15) is 13.6 Å². The topological polar surface area (TPSA) is 38.1 Å². The van der Waals surface area contributed by atoms with Crippen LogP contribution in [0.1, 0.15) is 60.5 Å². The summed E-state index contributed by atoms with van der Waals surface area (Å²) < 4.78 is 29.5. The second-order valence-electron chi connectivity index (χ2n) is 9.36. The zero-order valence-corrected chi connectivity index (χ0v) is 18.6. The molecule has 5 rings (SSSR count). The second kappa shape index (κ2) is 7.54. The average molecular weight is 436 g/mol. The lowest BCUT2D eigenvalue weighted by Gasteiger charge is -2.38. The van der Waals surface area contributed by atoms with E-state index in [2.05, 4.69) is 30.1 Å². The number of benzene rings is 2. The highest BCUT2D eigenvalue weighted by atomic mass is 19.1. The number of carbonyl (C=O) groups excluding carboxylic acids is 1. The van der Waals surface area contributed by atoms with Crippen LogP contribution >= 0.6 is 0 Å². The molecule has 1 saturated heterocycles. The fourth-order valence-corrected chi connectivity index (χ4v) is 5.42. The zero-order valence-electron chi connectivity index (χ0n) is 18.6. The molecule has 2 aliphatic rings. The summed E-state index contributed by atoms with van der Waals surface area (Å²) in [6, 6.07) is 9.56. The SMILES string of the molecule is Cc1cn(-c2ccc(C3CC34CCCN(C(C)c3cc(F)cc(F)c3)C4=O)cc2C)cn1. The molecule has 6 heteroatoms. The van der Waals surface area contributed by atoms with E-state index in [0.29, 0.717) is 12.1 Å². The normalized spacial score (nSPS) is 23.6. The Morgan fingerprint density at radius 1 is 1.12 bits per heavy atom. The van der Waals surface area contributed by atoms with Gasteiger partial charge in [-0.3, -0.25) is 4.79 Å². The van der Waals surface area contributed by atoms with Gasteiger partial charge in [0.25, 0.3) is 0 Å². The van der Waals surface area contributed by atoms with Crippen LogP contribution in [0.3, 0.4) is 0 Å². The molecule has 2 aromatic carbocycles. The smallest absolute Gasteiger partial charge is 0.229 e. The number of nitrogens with zero attached hydrogens (tertiary/aromatic N) is 3. The second-order valence-corrected chi connectivity index (χ2v) is 9.36. The molecule has 3 aromatic rings. The predicted molar refractivity (Wildman–Crippen MR) is 119 cm³/mol. The molecule has 1 amide bonds. The lowest BCUT2D eigenvalue weighted by molar-refractivity contribution is -0.143. The molecular weight excluding hydrogens is 408 g/mol. The first-order valence-corrected chi connectivity index (χ1v) is 11.2. The quantitative estimate of drug-likeness (QED) is 0.533. The highest BCUT2D eigenvalue weighted by molar-refractivity contribution is 5.88. The number of halogens is 2. The summed E-state index contributed by atoms with van der Waals surface area (Å²) in [4.78, 5) is 19.7. The van der Waals surface area contributed by atoms with Crippen LogP contribution in [0.25, 0.3) is 5.69 Å². The molecule has 166 valence electrons. The van der Waals surface area contributed by atoms with E-state index in [0.717, 1.165) is 42.3 Å². The Bertz CT molecular complexity index is 1180. The molecule has 1 spiro atoms. The van der Waals surface area contributed by atoms with Crippen molar-refractivity contribution in [3.63, 3.8) is 0 Å². The van der Waals surface area contributed by atoms with Gasteiger partial charge in [-0.2, -0.15) is 0 Å². The lowest BCUT2D eigenvalue weighted by Crippen LogP contribution is -2.44. The highest BCUT2D eigenvalue weighted by Crippen LogP contribution is 2.64. The maximum atomic E-state index is 13.7. The largest absolute Gasteiger partial charge is 0.335 e. The Kier molecular flexibility index (Phi) is 4.91. The third kappa shape index (κ3) is 3.42. The Labute approximate surface area is 186 Å². The Morgan fingerprint density at radius 2 is 1.88 bits per heavy atom. The minimum Gasteiger partial charge on any atom is -0.335 e. The summed E-state index contributed by atoms with van der Waals surface area (Å²) in [6.07, 6.45) is 6.40. The zero-order chi connectivity index (χ0) is 22.6. The van der Waals surface area contributed by atoms with Crippen LogP contribution in [0.15, 0.2) is 48.9 Å². The van der Waals surface area contributed by atoms with Crippen molar-refractivity contribution < 1.29 is 13.6 Å². The van der Waals surface area contributed by atoms with Gasteiger partial charge in [-0.25, -0.2) is 13.8 Å².